The van der Waals surface area contributed by atoms with E-state index >= 15 is 0 Å². The summed E-state index contributed by atoms with van der Waals surface area (Å²) in [5, 5.41) is 0. The molecular formula is C22H28O2. The lowest BCUT2D eigenvalue weighted by Gasteiger charge is -2.19. The third-order valence-corrected chi connectivity index (χ3v) is 4.22. The summed E-state index contributed by atoms with van der Waals surface area (Å²) in [5.41, 5.74) is 3.86. The van der Waals surface area contributed by atoms with Gasteiger partial charge in [0.2, 0.25) is 0 Å². The molecule has 0 saturated carbocycles. The summed E-state index contributed by atoms with van der Waals surface area (Å²) in [5.74, 6) is 0.908. The van der Waals surface area contributed by atoms with Crippen molar-refractivity contribution in [2.24, 2.45) is 0 Å². The maximum atomic E-state index is 12.0. The number of rotatable bonds is 5. The molecule has 0 aliphatic rings. The standard InChI is InChI=1S/C22H28O2/c1-16(2)18-9-13-20(14-10-18)24-21(23)15-8-17-6-11-19(12-7-17)22(3,4)5/h6-7,9-14,16H,8,15H2,1-5H3. The SMILES string of the molecule is CC(C)c1ccc(OC(=O)CCc2ccc(C(C)(C)C)cc2)cc1. The van der Waals surface area contributed by atoms with Crippen molar-refractivity contribution in [1.82, 2.24) is 0 Å². The maximum Gasteiger partial charge on any atom is 0.311 e. The first kappa shape index (κ1) is 18.3. The monoisotopic (exact) mass is 324 g/mol. The molecule has 2 heteroatoms. The van der Waals surface area contributed by atoms with Crippen LogP contribution in [0.5, 0.6) is 5.75 Å². The second-order valence-electron chi connectivity index (χ2n) is 7.64. The van der Waals surface area contributed by atoms with Crippen molar-refractivity contribution in [2.45, 2.75) is 58.8 Å². The largest absolute Gasteiger partial charge is 0.427 e. The van der Waals surface area contributed by atoms with Gasteiger partial charge in [-0.2, -0.15) is 0 Å². The highest BCUT2D eigenvalue weighted by Gasteiger charge is 2.13. The minimum atomic E-state index is -0.188. The van der Waals surface area contributed by atoms with Gasteiger partial charge in [0.1, 0.15) is 5.75 Å². The fourth-order valence-corrected chi connectivity index (χ4v) is 2.52. The van der Waals surface area contributed by atoms with Crippen LogP contribution >= 0.6 is 0 Å². The van der Waals surface area contributed by atoms with Crippen molar-refractivity contribution < 1.29 is 9.53 Å². The van der Waals surface area contributed by atoms with Gasteiger partial charge in [-0.1, -0.05) is 71.0 Å². The van der Waals surface area contributed by atoms with Gasteiger partial charge < -0.3 is 4.74 Å². The van der Waals surface area contributed by atoms with E-state index in [-0.39, 0.29) is 11.4 Å². The molecule has 0 bridgehead atoms. The van der Waals surface area contributed by atoms with Gasteiger partial charge in [0.25, 0.3) is 0 Å². The fourth-order valence-electron chi connectivity index (χ4n) is 2.52. The Balaban J connectivity index is 1.86. The summed E-state index contributed by atoms with van der Waals surface area (Å²) in [7, 11) is 0. The van der Waals surface area contributed by atoms with E-state index in [2.05, 4.69) is 58.9 Å². The lowest BCUT2D eigenvalue weighted by Crippen LogP contribution is -2.11. The fraction of sp³-hybridized carbons (Fsp3) is 0.409. The molecule has 2 aromatic carbocycles. The van der Waals surface area contributed by atoms with Crippen LogP contribution in [0.4, 0.5) is 0 Å². The zero-order chi connectivity index (χ0) is 17.7. The molecule has 0 aliphatic heterocycles. The van der Waals surface area contributed by atoms with Crippen molar-refractivity contribution in [3.63, 3.8) is 0 Å². The molecule has 128 valence electrons. The molecule has 0 atom stereocenters. The quantitative estimate of drug-likeness (QED) is 0.525. The highest BCUT2D eigenvalue weighted by molar-refractivity contribution is 5.72. The zero-order valence-corrected chi connectivity index (χ0v) is 15.4. The van der Waals surface area contributed by atoms with Gasteiger partial charge in [-0.3, -0.25) is 4.79 Å². The smallest absolute Gasteiger partial charge is 0.311 e. The first-order valence-electron chi connectivity index (χ1n) is 8.66. The number of hydrogen-bond acceptors (Lipinski definition) is 2. The normalized spacial score (nSPS) is 11.6. The Morgan fingerprint density at radius 2 is 1.54 bits per heavy atom. The summed E-state index contributed by atoms with van der Waals surface area (Å²) < 4.78 is 5.41. The van der Waals surface area contributed by atoms with Gasteiger partial charge in [0.05, 0.1) is 0 Å². The van der Waals surface area contributed by atoms with E-state index in [0.717, 1.165) is 5.56 Å². The number of carbonyl (C=O) groups excluding carboxylic acids is 1. The molecule has 2 rings (SSSR count). The van der Waals surface area contributed by atoms with E-state index in [1.165, 1.54) is 11.1 Å². The van der Waals surface area contributed by atoms with Crippen molar-refractivity contribution in [3.05, 3.63) is 65.2 Å². The van der Waals surface area contributed by atoms with Crippen molar-refractivity contribution in [2.75, 3.05) is 0 Å². The molecule has 0 heterocycles. The number of ether oxygens (including phenoxy) is 1. The Labute approximate surface area is 145 Å². The molecule has 0 N–H and O–H groups in total. The molecule has 0 aliphatic carbocycles. The van der Waals surface area contributed by atoms with Gasteiger partial charge in [-0.05, 0) is 46.6 Å². The number of benzene rings is 2. The third-order valence-electron chi connectivity index (χ3n) is 4.22. The van der Waals surface area contributed by atoms with Crippen LogP contribution in [0.1, 0.15) is 63.6 Å². The summed E-state index contributed by atoms with van der Waals surface area (Å²) >= 11 is 0. The van der Waals surface area contributed by atoms with Gasteiger partial charge >= 0.3 is 5.97 Å². The van der Waals surface area contributed by atoms with E-state index in [1.54, 1.807) is 0 Å². The summed E-state index contributed by atoms with van der Waals surface area (Å²) in [6, 6.07) is 16.3. The highest BCUT2D eigenvalue weighted by atomic mass is 16.5. The van der Waals surface area contributed by atoms with Crippen LogP contribution in [0.3, 0.4) is 0 Å². The third kappa shape index (κ3) is 5.23. The predicted molar refractivity (Wildman–Crippen MR) is 99.6 cm³/mol. The lowest BCUT2D eigenvalue weighted by molar-refractivity contribution is -0.134. The van der Waals surface area contributed by atoms with E-state index < -0.39 is 0 Å². The molecule has 0 radical (unpaired) electrons. The molecule has 2 aromatic rings. The van der Waals surface area contributed by atoms with Crippen molar-refractivity contribution in [1.29, 1.82) is 0 Å². The molecular weight excluding hydrogens is 296 g/mol. The zero-order valence-electron chi connectivity index (χ0n) is 15.4. The van der Waals surface area contributed by atoms with Crippen molar-refractivity contribution >= 4 is 5.97 Å². The number of hydrogen-bond donors (Lipinski definition) is 0. The van der Waals surface area contributed by atoms with Crippen LogP contribution in [-0.4, -0.2) is 5.97 Å². The van der Waals surface area contributed by atoms with E-state index in [0.29, 0.717) is 24.5 Å². The first-order chi connectivity index (χ1) is 11.3. The minimum absolute atomic E-state index is 0.152. The van der Waals surface area contributed by atoms with Crippen LogP contribution in [-0.2, 0) is 16.6 Å². The molecule has 0 aromatic heterocycles. The number of aryl methyl sites for hydroxylation is 1. The lowest BCUT2D eigenvalue weighted by atomic mass is 9.86. The van der Waals surface area contributed by atoms with E-state index in [4.69, 9.17) is 4.74 Å². The van der Waals surface area contributed by atoms with Crippen LogP contribution in [0.2, 0.25) is 0 Å². The Bertz CT molecular complexity index is 659. The van der Waals surface area contributed by atoms with E-state index in [1.807, 2.05) is 24.3 Å². The Hall–Kier alpha value is -2.09. The second-order valence-corrected chi connectivity index (χ2v) is 7.64. The van der Waals surface area contributed by atoms with Gasteiger partial charge in [0.15, 0.2) is 0 Å². The molecule has 0 fully saturated rings. The molecule has 0 amide bonds. The molecule has 0 saturated heterocycles. The van der Waals surface area contributed by atoms with Gasteiger partial charge in [0, 0.05) is 6.42 Å². The maximum absolute atomic E-state index is 12.0. The second kappa shape index (κ2) is 7.65. The molecule has 0 spiro atoms. The summed E-state index contributed by atoms with van der Waals surface area (Å²) in [4.78, 5) is 12.0. The Morgan fingerprint density at radius 1 is 0.958 bits per heavy atom. The van der Waals surface area contributed by atoms with Crippen LogP contribution in [0.25, 0.3) is 0 Å². The topological polar surface area (TPSA) is 26.3 Å². The molecule has 0 unspecified atom stereocenters. The van der Waals surface area contributed by atoms with E-state index in [9.17, 15) is 4.79 Å². The number of esters is 1. The van der Waals surface area contributed by atoms with Crippen LogP contribution in [0, 0.1) is 0 Å². The molecule has 2 nitrogen and oxygen atoms in total. The predicted octanol–water partition coefficient (Wildman–Crippen LogP) is 5.65. The van der Waals surface area contributed by atoms with Crippen molar-refractivity contribution in [3.8, 4) is 5.75 Å². The van der Waals surface area contributed by atoms with Crippen LogP contribution in [0.15, 0.2) is 48.5 Å². The van der Waals surface area contributed by atoms with Gasteiger partial charge in [-0.15, -0.1) is 0 Å². The Morgan fingerprint density at radius 3 is 2.04 bits per heavy atom. The number of carbonyl (C=O) groups is 1. The first-order valence-corrected chi connectivity index (χ1v) is 8.66. The average molecular weight is 324 g/mol. The summed E-state index contributed by atoms with van der Waals surface area (Å²) in [6.45, 7) is 10.9. The minimum Gasteiger partial charge on any atom is -0.427 e. The average Bonchev–Trinajstić information content (AvgIpc) is 2.53. The molecule has 24 heavy (non-hydrogen) atoms. The van der Waals surface area contributed by atoms with Crippen LogP contribution < -0.4 is 4.74 Å². The van der Waals surface area contributed by atoms with Gasteiger partial charge in [-0.25, -0.2) is 0 Å². The summed E-state index contributed by atoms with van der Waals surface area (Å²) in [6.07, 6.45) is 1.09. The Kier molecular flexibility index (Phi) is 5.82. The highest BCUT2D eigenvalue weighted by Crippen LogP contribution is 2.23.